The zero-order chi connectivity index (χ0) is 13.5. The number of para-hydroxylation sites is 2. The van der Waals surface area contributed by atoms with Gasteiger partial charge in [-0.2, -0.15) is 0 Å². The SMILES string of the molecule is O=c1[nH]c(Cc2nc3ccccc3[nH]2)nc2c1CCC2. The lowest BCUT2D eigenvalue weighted by Crippen LogP contribution is -2.17. The lowest BCUT2D eigenvalue weighted by Gasteiger charge is -2.02. The van der Waals surface area contributed by atoms with E-state index in [-0.39, 0.29) is 5.56 Å². The van der Waals surface area contributed by atoms with Crippen molar-refractivity contribution in [3.8, 4) is 0 Å². The molecule has 20 heavy (non-hydrogen) atoms. The second-order valence-electron chi connectivity index (χ2n) is 5.17. The summed E-state index contributed by atoms with van der Waals surface area (Å²) in [6.07, 6.45) is 3.31. The van der Waals surface area contributed by atoms with Crippen LogP contribution in [0, 0.1) is 0 Å². The highest BCUT2D eigenvalue weighted by Crippen LogP contribution is 2.17. The average Bonchev–Trinajstić information content (AvgIpc) is 3.04. The van der Waals surface area contributed by atoms with Crippen LogP contribution in [0.4, 0.5) is 0 Å². The number of aromatic nitrogens is 4. The smallest absolute Gasteiger partial charge is 0.254 e. The highest BCUT2D eigenvalue weighted by molar-refractivity contribution is 5.74. The van der Waals surface area contributed by atoms with Crippen LogP contribution >= 0.6 is 0 Å². The predicted molar refractivity (Wildman–Crippen MR) is 75.8 cm³/mol. The van der Waals surface area contributed by atoms with Crippen molar-refractivity contribution >= 4 is 11.0 Å². The van der Waals surface area contributed by atoms with Crippen LogP contribution < -0.4 is 5.56 Å². The van der Waals surface area contributed by atoms with E-state index in [0.29, 0.717) is 12.2 Å². The first-order chi connectivity index (χ1) is 9.79. The lowest BCUT2D eigenvalue weighted by molar-refractivity contribution is 0.864. The molecule has 0 amide bonds. The number of nitrogens with one attached hydrogen (secondary N) is 2. The Morgan fingerprint density at radius 3 is 2.80 bits per heavy atom. The van der Waals surface area contributed by atoms with Crippen molar-refractivity contribution in [1.82, 2.24) is 19.9 Å². The molecule has 5 heteroatoms. The third-order valence-corrected chi connectivity index (χ3v) is 3.76. The monoisotopic (exact) mass is 266 g/mol. The van der Waals surface area contributed by atoms with Crippen LogP contribution in [0.15, 0.2) is 29.1 Å². The molecule has 2 heterocycles. The number of aromatic amines is 2. The first kappa shape index (κ1) is 11.4. The van der Waals surface area contributed by atoms with Crippen LogP contribution in [0.2, 0.25) is 0 Å². The van der Waals surface area contributed by atoms with E-state index in [4.69, 9.17) is 0 Å². The topological polar surface area (TPSA) is 74.4 Å². The molecule has 3 aromatic rings. The fourth-order valence-corrected chi connectivity index (χ4v) is 2.82. The van der Waals surface area contributed by atoms with Crippen molar-refractivity contribution < 1.29 is 0 Å². The van der Waals surface area contributed by atoms with Gasteiger partial charge in [0.05, 0.1) is 23.1 Å². The van der Waals surface area contributed by atoms with E-state index in [2.05, 4.69) is 19.9 Å². The molecule has 2 N–H and O–H groups in total. The Bertz CT molecular complexity index is 813. The predicted octanol–water partition coefficient (Wildman–Crippen LogP) is 1.73. The third-order valence-electron chi connectivity index (χ3n) is 3.76. The number of hydrogen-bond acceptors (Lipinski definition) is 3. The summed E-state index contributed by atoms with van der Waals surface area (Å²) in [6, 6.07) is 7.89. The Morgan fingerprint density at radius 2 is 1.90 bits per heavy atom. The highest BCUT2D eigenvalue weighted by atomic mass is 16.1. The van der Waals surface area contributed by atoms with Crippen LogP contribution in [0.1, 0.15) is 29.3 Å². The van der Waals surface area contributed by atoms with E-state index in [9.17, 15) is 4.79 Å². The van der Waals surface area contributed by atoms with E-state index >= 15 is 0 Å². The molecule has 0 saturated carbocycles. The summed E-state index contributed by atoms with van der Waals surface area (Å²) >= 11 is 0. The molecule has 0 spiro atoms. The third kappa shape index (κ3) is 1.82. The molecule has 0 atom stereocenters. The van der Waals surface area contributed by atoms with E-state index in [0.717, 1.165) is 47.4 Å². The molecule has 4 rings (SSSR count). The van der Waals surface area contributed by atoms with Crippen molar-refractivity contribution in [3.05, 3.63) is 57.5 Å². The van der Waals surface area contributed by atoms with Crippen molar-refractivity contribution in [2.75, 3.05) is 0 Å². The van der Waals surface area contributed by atoms with Crippen LogP contribution in [0.3, 0.4) is 0 Å². The van der Waals surface area contributed by atoms with Gasteiger partial charge in [0.15, 0.2) is 0 Å². The maximum Gasteiger partial charge on any atom is 0.254 e. The number of nitrogens with zero attached hydrogens (tertiary/aromatic N) is 2. The maximum absolute atomic E-state index is 12.0. The molecule has 0 saturated heterocycles. The molecule has 0 bridgehead atoms. The van der Waals surface area contributed by atoms with Gasteiger partial charge in [0, 0.05) is 5.56 Å². The molecular formula is C15H14N4O. The Balaban J connectivity index is 1.72. The molecule has 0 aliphatic heterocycles. The fourth-order valence-electron chi connectivity index (χ4n) is 2.82. The Kier molecular flexibility index (Phi) is 2.45. The quantitative estimate of drug-likeness (QED) is 0.741. The first-order valence-electron chi connectivity index (χ1n) is 6.84. The highest BCUT2D eigenvalue weighted by Gasteiger charge is 2.17. The molecule has 0 unspecified atom stereocenters. The van der Waals surface area contributed by atoms with E-state index in [1.807, 2.05) is 24.3 Å². The number of benzene rings is 1. The van der Waals surface area contributed by atoms with E-state index < -0.39 is 0 Å². The summed E-state index contributed by atoms with van der Waals surface area (Å²) in [5.41, 5.74) is 3.77. The maximum atomic E-state index is 12.0. The largest absolute Gasteiger partial charge is 0.342 e. The molecule has 100 valence electrons. The molecule has 1 aliphatic carbocycles. The number of fused-ring (bicyclic) bond motifs is 2. The molecule has 1 aromatic carbocycles. The molecular weight excluding hydrogens is 252 g/mol. The minimum Gasteiger partial charge on any atom is -0.342 e. The second kappa shape index (κ2) is 4.30. The van der Waals surface area contributed by atoms with E-state index in [1.165, 1.54) is 0 Å². The van der Waals surface area contributed by atoms with Gasteiger partial charge < -0.3 is 9.97 Å². The lowest BCUT2D eigenvalue weighted by atomic mass is 10.2. The Labute approximate surface area is 115 Å². The normalized spacial score (nSPS) is 13.8. The van der Waals surface area contributed by atoms with Crippen molar-refractivity contribution in [2.24, 2.45) is 0 Å². The van der Waals surface area contributed by atoms with Crippen LogP contribution in [-0.4, -0.2) is 19.9 Å². The molecule has 0 radical (unpaired) electrons. The number of rotatable bonds is 2. The number of imidazole rings is 1. The Morgan fingerprint density at radius 1 is 1.05 bits per heavy atom. The molecule has 0 fully saturated rings. The Hall–Kier alpha value is -2.43. The fraction of sp³-hybridized carbons (Fsp3) is 0.267. The number of H-pyrrole nitrogens is 2. The molecule has 2 aromatic heterocycles. The summed E-state index contributed by atoms with van der Waals surface area (Å²) in [4.78, 5) is 27.2. The average molecular weight is 266 g/mol. The summed E-state index contributed by atoms with van der Waals surface area (Å²) in [5, 5.41) is 0. The zero-order valence-corrected chi connectivity index (χ0v) is 10.9. The number of aryl methyl sites for hydroxylation is 1. The minimum atomic E-state index is 0.0126. The van der Waals surface area contributed by atoms with Gasteiger partial charge in [0.25, 0.3) is 5.56 Å². The van der Waals surface area contributed by atoms with Gasteiger partial charge in [-0.05, 0) is 31.4 Å². The molecule has 1 aliphatic rings. The van der Waals surface area contributed by atoms with Gasteiger partial charge in [-0.25, -0.2) is 9.97 Å². The van der Waals surface area contributed by atoms with Crippen molar-refractivity contribution in [2.45, 2.75) is 25.7 Å². The van der Waals surface area contributed by atoms with Gasteiger partial charge in [-0.3, -0.25) is 4.79 Å². The van der Waals surface area contributed by atoms with Gasteiger partial charge in [0.2, 0.25) is 0 Å². The van der Waals surface area contributed by atoms with Crippen molar-refractivity contribution in [3.63, 3.8) is 0 Å². The van der Waals surface area contributed by atoms with Gasteiger partial charge in [-0.1, -0.05) is 12.1 Å². The summed E-state index contributed by atoms with van der Waals surface area (Å²) in [5.74, 6) is 1.52. The summed E-state index contributed by atoms with van der Waals surface area (Å²) in [6.45, 7) is 0. The molecule has 5 nitrogen and oxygen atoms in total. The second-order valence-corrected chi connectivity index (χ2v) is 5.17. The standard InChI is InChI=1S/C15H14N4O/c20-15-9-4-3-7-10(9)16-14(19-15)8-13-17-11-5-1-2-6-12(11)18-13/h1-2,5-6H,3-4,7-8H2,(H,17,18)(H,16,19,20). The summed E-state index contributed by atoms with van der Waals surface area (Å²) < 4.78 is 0. The van der Waals surface area contributed by atoms with E-state index in [1.54, 1.807) is 0 Å². The van der Waals surface area contributed by atoms with Gasteiger partial charge in [0.1, 0.15) is 11.6 Å². The zero-order valence-electron chi connectivity index (χ0n) is 10.9. The van der Waals surface area contributed by atoms with Crippen LogP contribution in [-0.2, 0) is 19.3 Å². The van der Waals surface area contributed by atoms with Gasteiger partial charge >= 0.3 is 0 Å². The van der Waals surface area contributed by atoms with Crippen molar-refractivity contribution in [1.29, 1.82) is 0 Å². The number of hydrogen-bond donors (Lipinski definition) is 2. The van der Waals surface area contributed by atoms with Crippen LogP contribution in [0.25, 0.3) is 11.0 Å². The van der Waals surface area contributed by atoms with Crippen LogP contribution in [0.5, 0.6) is 0 Å². The first-order valence-corrected chi connectivity index (χ1v) is 6.84. The minimum absolute atomic E-state index is 0.0126. The van der Waals surface area contributed by atoms with Gasteiger partial charge in [-0.15, -0.1) is 0 Å². The summed E-state index contributed by atoms with van der Waals surface area (Å²) in [7, 11) is 0.